The second-order valence-corrected chi connectivity index (χ2v) is 5.11. The van der Waals surface area contributed by atoms with E-state index in [1.807, 2.05) is 25.1 Å². The maximum atomic E-state index is 12.2. The molecule has 0 atom stereocenters. The number of esters is 1. The number of nitrogens with one attached hydrogen (secondary N) is 1. The van der Waals surface area contributed by atoms with Crippen LogP contribution in [-0.2, 0) is 16.0 Å². The maximum Gasteiger partial charge on any atom is 0.337 e. The zero-order valence-electron chi connectivity index (χ0n) is 13.4. The maximum absolute atomic E-state index is 12.2. The molecule has 0 spiro atoms. The number of anilines is 1. The number of hydrogen-bond donors (Lipinski definition) is 1. The normalized spacial score (nSPS) is 10.0. The quantitative estimate of drug-likeness (QED) is 0.862. The summed E-state index contributed by atoms with van der Waals surface area (Å²) in [5, 5.41) is 2.78. The molecular formula is C18H19NO4. The minimum absolute atomic E-state index is 0.184. The van der Waals surface area contributed by atoms with E-state index in [1.54, 1.807) is 31.4 Å². The summed E-state index contributed by atoms with van der Waals surface area (Å²) < 4.78 is 9.94. The first-order valence-corrected chi connectivity index (χ1v) is 7.15. The molecule has 0 bridgehead atoms. The van der Waals surface area contributed by atoms with Gasteiger partial charge in [-0.2, -0.15) is 0 Å². The molecule has 23 heavy (non-hydrogen) atoms. The third-order valence-corrected chi connectivity index (χ3v) is 3.35. The molecule has 2 aromatic rings. The first-order chi connectivity index (χ1) is 11.0. The van der Waals surface area contributed by atoms with Crippen LogP contribution in [-0.4, -0.2) is 26.1 Å². The van der Waals surface area contributed by atoms with Gasteiger partial charge in [-0.05, 0) is 31.2 Å². The van der Waals surface area contributed by atoms with E-state index in [0.29, 0.717) is 17.0 Å². The summed E-state index contributed by atoms with van der Waals surface area (Å²) in [6, 6.07) is 12.3. The van der Waals surface area contributed by atoms with Crippen LogP contribution in [0.5, 0.6) is 5.75 Å². The zero-order chi connectivity index (χ0) is 16.8. The second-order valence-electron chi connectivity index (χ2n) is 5.11. The lowest BCUT2D eigenvalue weighted by molar-refractivity contribution is -0.115. The van der Waals surface area contributed by atoms with Crippen LogP contribution in [0.15, 0.2) is 42.5 Å². The van der Waals surface area contributed by atoms with Gasteiger partial charge in [0.05, 0.1) is 26.2 Å². The third kappa shape index (κ3) is 4.32. The lowest BCUT2D eigenvalue weighted by atomic mass is 10.1. The lowest BCUT2D eigenvalue weighted by Crippen LogP contribution is -2.15. The number of carbonyl (C=O) groups is 2. The van der Waals surface area contributed by atoms with Crippen molar-refractivity contribution in [1.29, 1.82) is 0 Å². The molecule has 5 nitrogen and oxygen atoms in total. The van der Waals surface area contributed by atoms with Crippen LogP contribution in [0.2, 0.25) is 0 Å². The topological polar surface area (TPSA) is 64.6 Å². The highest BCUT2D eigenvalue weighted by molar-refractivity contribution is 5.95. The van der Waals surface area contributed by atoms with E-state index in [9.17, 15) is 9.59 Å². The van der Waals surface area contributed by atoms with E-state index in [-0.39, 0.29) is 12.3 Å². The van der Waals surface area contributed by atoms with Gasteiger partial charge in [-0.1, -0.05) is 23.8 Å². The summed E-state index contributed by atoms with van der Waals surface area (Å²) in [5.41, 5.74) is 2.80. The van der Waals surface area contributed by atoms with Crippen molar-refractivity contribution < 1.29 is 19.1 Å². The Bertz CT molecular complexity index is 725. The van der Waals surface area contributed by atoms with Gasteiger partial charge in [-0.3, -0.25) is 4.79 Å². The van der Waals surface area contributed by atoms with Crippen molar-refractivity contribution in [3.8, 4) is 5.75 Å². The fraction of sp³-hybridized carbons (Fsp3) is 0.222. The molecule has 0 aliphatic carbocycles. The van der Waals surface area contributed by atoms with Crippen molar-refractivity contribution in [2.24, 2.45) is 0 Å². The monoisotopic (exact) mass is 313 g/mol. The van der Waals surface area contributed by atoms with Gasteiger partial charge < -0.3 is 14.8 Å². The van der Waals surface area contributed by atoms with Gasteiger partial charge in [-0.25, -0.2) is 4.79 Å². The fourth-order valence-corrected chi connectivity index (χ4v) is 2.27. The fourth-order valence-electron chi connectivity index (χ4n) is 2.27. The van der Waals surface area contributed by atoms with Crippen LogP contribution in [0.3, 0.4) is 0 Å². The van der Waals surface area contributed by atoms with Crippen LogP contribution in [0.4, 0.5) is 5.69 Å². The number of aryl methyl sites for hydroxylation is 1. The Labute approximate surface area is 135 Å². The Morgan fingerprint density at radius 2 is 1.87 bits per heavy atom. The van der Waals surface area contributed by atoms with Crippen LogP contribution in [0.25, 0.3) is 0 Å². The predicted octanol–water partition coefficient (Wildman–Crippen LogP) is 2.97. The highest BCUT2D eigenvalue weighted by atomic mass is 16.5. The number of hydrogen-bond acceptors (Lipinski definition) is 4. The van der Waals surface area contributed by atoms with Gasteiger partial charge >= 0.3 is 5.97 Å². The summed E-state index contributed by atoms with van der Waals surface area (Å²) in [7, 11) is 2.89. The SMILES string of the molecule is COC(=O)c1cccc(NC(=O)Cc2cc(C)ccc2OC)c1. The molecule has 2 aromatic carbocycles. The molecular weight excluding hydrogens is 294 g/mol. The molecule has 0 radical (unpaired) electrons. The Kier molecular flexibility index (Phi) is 5.36. The van der Waals surface area contributed by atoms with E-state index in [2.05, 4.69) is 10.1 Å². The molecule has 0 heterocycles. The first-order valence-electron chi connectivity index (χ1n) is 7.15. The van der Waals surface area contributed by atoms with Crippen LogP contribution in [0.1, 0.15) is 21.5 Å². The Hall–Kier alpha value is -2.82. The van der Waals surface area contributed by atoms with Gasteiger partial charge in [-0.15, -0.1) is 0 Å². The summed E-state index contributed by atoms with van der Waals surface area (Å²) in [6.45, 7) is 1.96. The number of rotatable bonds is 5. The standard InChI is InChI=1S/C18H19NO4/c1-12-7-8-16(22-2)14(9-12)11-17(20)19-15-6-4-5-13(10-15)18(21)23-3/h4-10H,11H2,1-3H3,(H,19,20). The molecule has 0 aliphatic heterocycles. The summed E-state index contributed by atoms with van der Waals surface area (Å²) in [4.78, 5) is 23.7. The molecule has 5 heteroatoms. The zero-order valence-corrected chi connectivity index (χ0v) is 13.4. The first kappa shape index (κ1) is 16.5. The van der Waals surface area contributed by atoms with Crippen LogP contribution < -0.4 is 10.1 Å². The van der Waals surface area contributed by atoms with Crippen molar-refractivity contribution >= 4 is 17.6 Å². The van der Waals surface area contributed by atoms with Crippen LogP contribution in [0, 0.1) is 6.92 Å². The molecule has 0 saturated carbocycles. The molecule has 120 valence electrons. The summed E-state index contributed by atoms with van der Waals surface area (Å²) in [5.74, 6) is 0.0476. The third-order valence-electron chi connectivity index (χ3n) is 3.35. The lowest BCUT2D eigenvalue weighted by Gasteiger charge is -2.10. The van der Waals surface area contributed by atoms with E-state index < -0.39 is 5.97 Å². The van der Waals surface area contributed by atoms with Gasteiger partial charge in [0.25, 0.3) is 0 Å². The molecule has 1 N–H and O–H groups in total. The van der Waals surface area contributed by atoms with Crippen molar-refractivity contribution in [1.82, 2.24) is 0 Å². The van der Waals surface area contributed by atoms with E-state index in [1.165, 1.54) is 7.11 Å². The summed E-state index contributed by atoms with van der Waals surface area (Å²) >= 11 is 0. The number of benzene rings is 2. The highest BCUT2D eigenvalue weighted by Crippen LogP contribution is 2.21. The largest absolute Gasteiger partial charge is 0.496 e. The van der Waals surface area contributed by atoms with Crippen LogP contribution >= 0.6 is 0 Å². The number of carbonyl (C=O) groups excluding carboxylic acids is 2. The van der Waals surface area contributed by atoms with Gasteiger partial charge in [0.15, 0.2) is 0 Å². The molecule has 0 aliphatic rings. The Morgan fingerprint density at radius 3 is 2.57 bits per heavy atom. The van der Waals surface area contributed by atoms with Gasteiger partial charge in [0.1, 0.15) is 5.75 Å². The molecule has 2 rings (SSSR count). The average molecular weight is 313 g/mol. The molecule has 1 amide bonds. The number of methoxy groups -OCH3 is 2. The minimum Gasteiger partial charge on any atom is -0.496 e. The predicted molar refractivity (Wildman–Crippen MR) is 87.8 cm³/mol. The van der Waals surface area contributed by atoms with Crippen molar-refractivity contribution in [2.75, 3.05) is 19.5 Å². The van der Waals surface area contributed by atoms with Crippen molar-refractivity contribution in [2.45, 2.75) is 13.3 Å². The van der Waals surface area contributed by atoms with E-state index >= 15 is 0 Å². The summed E-state index contributed by atoms with van der Waals surface area (Å²) in [6.07, 6.45) is 0.188. The van der Waals surface area contributed by atoms with Gasteiger partial charge in [0, 0.05) is 11.3 Å². The highest BCUT2D eigenvalue weighted by Gasteiger charge is 2.11. The molecule has 0 fully saturated rings. The smallest absolute Gasteiger partial charge is 0.337 e. The molecule has 0 saturated heterocycles. The molecule has 0 unspecified atom stereocenters. The average Bonchev–Trinajstić information content (AvgIpc) is 2.54. The van der Waals surface area contributed by atoms with Gasteiger partial charge in [0.2, 0.25) is 5.91 Å². The minimum atomic E-state index is -0.443. The number of ether oxygens (including phenoxy) is 2. The Morgan fingerprint density at radius 1 is 1.09 bits per heavy atom. The Balaban J connectivity index is 2.11. The van der Waals surface area contributed by atoms with E-state index in [0.717, 1.165) is 11.1 Å². The second kappa shape index (κ2) is 7.45. The molecule has 0 aromatic heterocycles. The van der Waals surface area contributed by atoms with E-state index in [4.69, 9.17) is 4.74 Å². The van der Waals surface area contributed by atoms with Crippen molar-refractivity contribution in [3.05, 3.63) is 59.2 Å². The van der Waals surface area contributed by atoms with Crippen molar-refractivity contribution in [3.63, 3.8) is 0 Å². The number of amides is 1.